The SMILES string of the molecule is CC(N)CC/C=C/c1ccc2c(c1)CCCS2. The van der Waals surface area contributed by atoms with Crippen LogP contribution >= 0.6 is 11.8 Å². The van der Waals surface area contributed by atoms with Gasteiger partial charge >= 0.3 is 0 Å². The van der Waals surface area contributed by atoms with Crippen LogP contribution in [-0.4, -0.2) is 11.8 Å². The minimum absolute atomic E-state index is 0.305. The lowest BCUT2D eigenvalue weighted by molar-refractivity contribution is 0.677. The highest BCUT2D eigenvalue weighted by molar-refractivity contribution is 7.99. The van der Waals surface area contributed by atoms with Gasteiger partial charge in [0.25, 0.3) is 0 Å². The third kappa shape index (κ3) is 3.90. The van der Waals surface area contributed by atoms with Gasteiger partial charge in [-0.05, 0) is 55.6 Å². The maximum Gasteiger partial charge on any atom is 0.0104 e. The number of aryl methyl sites for hydroxylation is 1. The first kappa shape index (κ1) is 12.7. The van der Waals surface area contributed by atoms with Gasteiger partial charge in [-0.1, -0.05) is 24.3 Å². The zero-order valence-corrected chi connectivity index (χ0v) is 11.3. The second kappa shape index (κ2) is 6.27. The van der Waals surface area contributed by atoms with E-state index in [2.05, 4.69) is 37.3 Å². The van der Waals surface area contributed by atoms with Gasteiger partial charge in [0.2, 0.25) is 0 Å². The summed E-state index contributed by atoms with van der Waals surface area (Å²) in [5.74, 6) is 1.27. The molecule has 1 aromatic rings. The Bertz CT molecular complexity index is 396. The summed E-state index contributed by atoms with van der Waals surface area (Å²) in [5.41, 5.74) is 8.58. The zero-order valence-electron chi connectivity index (χ0n) is 10.5. The van der Waals surface area contributed by atoms with Crippen molar-refractivity contribution in [3.05, 3.63) is 35.4 Å². The highest BCUT2D eigenvalue weighted by atomic mass is 32.2. The Hall–Kier alpha value is -0.730. The molecule has 1 aromatic carbocycles. The molecule has 17 heavy (non-hydrogen) atoms. The topological polar surface area (TPSA) is 26.0 Å². The van der Waals surface area contributed by atoms with Crippen molar-refractivity contribution < 1.29 is 0 Å². The fourth-order valence-electron chi connectivity index (χ4n) is 2.06. The fraction of sp³-hybridized carbons (Fsp3) is 0.467. The minimum Gasteiger partial charge on any atom is -0.328 e. The van der Waals surface area contributed by atoms with Crippen molar-refractivity contribution in [1.82, 2.24) is 0 Å². The molecule has 1 atom stereocenters. The second-order valence-corrected chi connectivity index (χ2v) is 5.91. The molecule has 0 bridgehead atoms. The van der Waals surface area contributed by atoms with Crippen molar-refractivity contribution in [2.24, 2.45) is 5.73 Å². The van der Waals surface area contributed by atoms with Crippen LogP contribution in [-0.2, 0) is 6.42 Å². The van der Waals surface area contributed by atoms with Crippen LogP contribution in [0.25, 0.3) is 6.08 Å². The molecule has 1 nitrogen and oxygen atoms in total. The Morgan fingerprint density at radius 3 is 3.18 bits per heavy atom. The van der Waals surface area contributed by atoms with E-state index in [1.807, 2.05) is 11.8 Å². The van der Waals surface area contributed by atoms with Gasteiger partial charge in [0, 0.05) is 10.9 Å². The van der Waals surface area contributed by atoms with Crippen LogP contribution in [0.15, 0.2) is 29.2 Å². The minimum atomic E-state index is 0.305. The van der Waals surface area contributed by atoms with Crippen LogP contribution in [0.1, 0.15) is 37.3 Å². The molecule has 0 saturated heterocycles. The molecule has 2 N–H and O–H groups in total. The van der Waals surface area contributed by atoms with Crippen LogP contribution in [0, 0.1) is 0 Å². The van der Waals surface area contributed by atoms with Gasteiger partial charge in [-0.15, -0.1) is 11.8 Å². The quantitative estimate of drug-likeness (QED) is 0.874. The molecule has 2 rings (SSSR count). The summed E-state index contributed by atoms with van der Waals surface area (Å²) in [6.07, 6.45) is 9.16. The van der Waals surface area contributed by atoms with Gasteiger partial charge < -0.3 is 5.73 Å². The summed E-state index contributed by atoms with van der Waals surface area (Å²) in [4.78, 5) is 1.48. The third-order valence-electron chi connectivity index (χ3n) is 3.03. The standard InChI is InChI=1S/C15H21NS/c1-12(16)5-2-3-6-13-8-9-15-14(11-13)7-4-10-17-15/h3,6,8-9,11-12H,2,4-5,7,10,16H2,1H3/b6-3+. The summed E-state index contributed by atoms with van der Waals surface area (Å²) in [6, 6.07) is 7.13. The van der Waals surface area contributed by atoms with Crippen molar-refractivity contribution in [3.63, 3.8) is 0 Å². The van der Waals surface area contributed by atoms with Crippen LogP contribution in [0.5, 0.6) is 0 Å². The van der Waals surface area contributed by atoms with Crippen molar-refractivity contribution in [2.45, 2.75) is 43.5 Å². The number of rotatable bonds is 4. The van der Waals surface area contributed by atoms with Crippen LogP contribution in [0.4, 0.5) is 0 Å². The van der Waals surface area contributed by atoms with Gasteiger partial charge in [-0.3, -0.25) is 0 Å². The first-order chi connectivity index (χ1) is 8.25. The van der Waals surface area contributed by atoms with E-state index in [0.29, 0.717) is 6.04 Å². The summed E-state index contributed by atoms with van der Waals surface area (Å²) in [6.45, 7) is 2.06. The number of benzene rings is 1. The van der Waals surface area contributed by atoms with Gasteiger partial charge in [0.15, 0.2) is 0 Å². The second-order valence-electron chi connectivity index (χ2n) is 4.78. The number of hydrogen-bond donors (Lipinski definition) is 1. The van der Waals surface area contributed by atoms with Crippen molar-refractivity contribution in [2.75, 3.05) is 5.75 Å². The average molecular weight is 247 g/mol. The molecule has 0 fully saturated rings. The van der Waals surface area contributed by atoms with Gasteiger partial charge in [-0.25, -0.2) is 0 Å². The molecule has 1 aliphatic heterocycles. The maximum atomic E-state index is 5.73. The Morgan fingerprint density at radius 1 is 1.47 bits per heavy atom. The maximum absolute atomic E-state index is 5.73. The summed E-state index contributed by atoms with van der Waals surface area (Å²) >= 11 is 1.99. The van der Waals surface area contributed by atoms with Crippen LogP contribution < -0.4 is 5.73 Å². The van der Waals surface area contributed by atoms with Gasteiger partial charge in [-0.2, -0.15) is 0 Å². The van der Waals surface area contributed by atoms with Crippen molar-refractivity contribution in [1.29, 1.82) is 0 Å². The van der Waals surface area contributed by atoms with E-state index < -0.39 is 0 Å². The normalized spacial score (nSPS) is 17.1. The predicted molar refractivity (Wildman–Crippen MR) is 77.4 cm³/mol. The Labute approximate surface area is 108 Å². The van der Waals surface area contributed by atoms with E-state index >= 15 is 0 Å². The number of nitrogens with two attached hydrogens (primary N) is 1. The van der Waals surface area contributed by atoms with Crippen molar-refractivity contribution >= 4 is 17.8 Å². The Kier molecular flexibility index (Phi) is 4.69. The molecular formula is C15H21NS. The van der Waals surface area contributed by atoms with E-state index in [4.69, 9.17) is 5.73 Å². The van der Waals surface area contributed by atoms with Gasteiger partial charge in [0.1, 0.15) is 0 Å². The first-order valence-corrected chi connectivity index (χ1v) is 7.42. The summed E-state index contributed by atoms with van der Waals surface area (Å²) in [7, 11) is 0. The largest absolute Gasteiger partial charge is 0.328 e. The van der Waals surface area contributed by atoms with E-state index in [1.165, 1.54) is 34.6 Å². The predicted octanol–water partition coefficient (Wildman–Crippen LogP) is 3.87. The molecule has 0 amide bonds. The molecule has 0 radical (unpaired) electrons. The average Bonchev–Trinajstić information content (AvgIpc) is 2.34. The molecule has 1 heterocycles. The van der Waals surface area contributed by atoms with E-state index in [-0.39, 0.29) is 0 Å². The molecule has 92 valence electrons. The van der Waals surface area contributed by atoms with Gasteiger partial charge in [0.05, 0.1) is 0 Å². The van der Waals surface area contributed by atoms with E-state index in [9.17, 15) is 0 Å². The van der Waals surface area contributed by atoms with Crippen LogP contribution in [0.2, 0.25) is 0 Å². The Morgan fingerprint density at radius 2 is 2.35 bits per heavy atom. The lowest BCUT2D eigenvalue weighted by Gasteiger charge is -2.15. The molecule has 0 aromatic heterocycles. The Balaban J connectivity index is 1.97. The highest BCUT2D eigenvalue weighted by Crippen LogP contribution is 2.30. The fourth-order valence-corrected chi connectivity index (χ4v) is 3.08. The summed E-state index contributed by atoms with van der Waals surface area (Å²) < 4.78 is 0. The number of hydrogen-bond acceptors (Lipinski definition) is 2. The number of thioether (sulfide) groups is 1. The molecule has 0 saturated carbocycles. The molecule has 1 unspecified atom stereocenters. The monoisotopic (exact) mass is 247 g/mol. The smallest absolute Gasteiger partial charge is 0.0104 e. The molecular weight excluding hydrogens is 226 g/mol. The highest BCUT2D eigenvalue weighted by Gasteiger charge is 2.08. The lowest BCUT2D eigenvalue weighted by atomic mass is 10.1. The van der Waals surface area contributed by atoms with E-state index in [1.54, 1.807) is 0 Å². The number of fused-ring (bicyclic) bond motifs is 1. The zero-order chi connectivity index (χ0) is 12.1. The molecule has 0 spiro atoms. The van der Waals surface area contributed by atoms with E-state index in [0.717, 1.165) is 12.8 Å². The lowest BCUT2D eigenvalue weighted by Crippen LogP contribution is -2.13. The molecule has 2 heteroatoms. The third-order valence-corrected chi connectivity index (χ3v) is 4.23. The summed E-state index contributed by atoms with van der Waals surface area (Å²) in [5, 5.41) is 0. The van der Waals surface area contributed by atoms with Crippen molar-refractivity contribution in [3.8, 4) is 0 Å². The van der Waals surface area contributed by atoms with Crippen LogP contribution in [0.3, 0.4) is 0 Å². The first-order valence-electron chi connectivity index (χ1n) is 6.43. The molecule has 1 aliphatic rings. The number of allylic oxidation sites excluding steroid dienone is 1. The molecule has 0 aliphatic carbocycles.